The van der Waals surface area contributed by atoms with Gasteiger partial charge in [-0.1, -0.05) is 119 Å². The van der Waals surface area contributed by atoms with E-state index in [2.05, 4.69) is 9.97 Å². The summed E-state index contributed by atoms with van der Waals surface area (Å²) in [5.74, 6) is -0.828. The fourth-order valence-corrected chi connectivity index (χ4v) is 5.68. The molecule has 2 aliphatic heterocycles. The number of esters is 2. The van der Waals surface area contributed by atoms with E-state index in [0.29, 0.717) is 18.7 Å². The first-order valence-corrected chi connectivity index (χ1v) is 18.4. The van der Waals surface area contributed by atoms with E-state index >= 15 is 0 Å². The summed E-state index contributed by atoms with van der Waals surface area (Å²) in [6, 6.07) is 0. The number of aliphatic hydroxyl groups is 2. The summed E-state index contributed by atoms with van der Waals surface area (Å²) >= 11 is 0. The molecule has 2 aromatic rings. The second kappa shape index (κ2) is 20.2. The van der Waals surface area contributed by atoms with Crippen LogP contribution in [0.1, 0.15) is 87.1 Å². The standard InChI is InChI=1S/C43H54N2O10/c1-8-18-34(46)42(3,4)36-23-14-12-10-11-13-20-29(50-7)26-39-45-31(28-52-39)41(49)55-37(43(5,6)35(47)19-9-2)24-17-22-33-32(53-33)21-15-16-25-38-44-30(27-51-38)40(48)54-36/h8-22,25,27-29,32-37,46-47H,23-24,26H2,1-7H3/b11-10-,14-12-,18-8+,19-9+,20-13+,21-15+,22-17-,25-16+/t29?,32-,33-,34?,35?,36?,37?/m0/s1. The monoisotopic (exact) mass is 758 g/mol. The predicted octanol–water partition coefficient (Wildman–Crippen LogP) is 7.25. The van der Waals surface area contributed by atoms with E-state index in [1.165, 1.54) is 12.5 Å². The molecule has 2 aliphatic rings. The highest BCUT2D eigenvalue weighted by Crippen LogP contribution is 2.34. The van der Waals surface area contributed by atoms with E-state index in [4.69, 9.17) is 27.8 Å². The van der Waals surface area contributed by atoms with Crippen LogP contribution in [0.4, 0.5) is 0 Å². The highest BCUT2D eigenvalue weighted by molar-refractivity contribution is 5.87. The molecule has 55 heavy (non-hydrogen) atoms. The number of aromatic nitrogens is 2. The maximum absolute atomic E-state index is 13.3. The number of aliphatic hydroxyl groups excluding tert-OH is 2. The van der Waals surface area contributed by atoms with Crippen LogP contribution in [0.2, 0.25) is 0 Å². The number of nitrogens with zero attached hydrogens (tertiary/aromatic N) is 2. The second-order valence-electron chi connectivity index (χ2n) is 14.5. The number of hydrogen-bond acceptors (Lipinski definition) is 12. The van der Waals surface area contributed by atoms with Crippen LogP contribution >= 0.6 is 0 Å². The van der Waals surface area contributed by atoms with Crippen molar-refractivity contribution in [3.63, 3.8) is 0 Å². The Kier molecular flexibility index (Phi) is 15.7. The first-order valence-electron chi connectivity index (χ1n) is 18.4. The molecule has 4 heterocycles. The number of carbonyl (C=O) groups excluding carboxylic acids is 2. The molecule has 12 nitrogen and oxygen atoms in total. The number of allylic oxidation sites excluding steroid dienone is 8. The van der Waals surface area contributed by atoms with Crippen LogP contribution in [0.3, 0.4) is 0 Å². The summed E-state index contributed by atoms with van der Waals surface area (Å²) in [5.41, 5.74) is -1.66. The molecule has 0 spiro atoms. The molecule has 4 rings (SSSR count). The molecule has 0 aliphatic carbocycles. The van der Waals surface area contributed by atoms with E-state index in [-0.39, 0.29) is 35.9 Å². The molecule has 2 aromatic heterocycles. The minimum absolute atomic E-state index is 0.00780. The number of cyclic esters (lactones) is 2. The Morgan fingerprint density at radius 3 is 1.95 bits per heavy atom. The first kappa shape index (κ1) is 42.9. The SMILES string of the molecule is C/C=C/C(O)C(C)(C)C1C\C=C/C=C\C=C\C(OC)Cc2nc(co2)C(=O)OC(C(C)(C)C(O)/C=C/C)C/C=C\[C@@H]2O[C@H]2/C=C/C=C/c2nc(co2)C(=O)O1. The van der Waals surface area contributed by atoms with Gasteiger partial charge < -0.3 is 38.0 Å². The fourth-order valence-electron chi connectivity index (χ4n) is 5.68. The number of oxazole rings is 2. The second-order valence-corrected chi connectivity index (χ2v) is 14.5. The molecule has 0 saturated carbocycles. The fraction of sp³-hybridized carbons (Fsp3) is 0.442. The smallest absolute Gasteiger partial charge is 0.360 e. The Balaban J connectivity index is 1.58. The molecule has 2 N–H and O–H groups in total. The maximum atomic E-state index is 13.3. The van der Waals surface area contributed by atoms with Crippen LogP contribution in [-0.2, 0) is 25.4 Å². The number of hydrogen-bond donors (Lipinski definition) is 2. The van der Waals surface area contributed by atoms with Crippen molar-refractivity contribution in [2.24, 2.45) is 10.8 Å². The number of methoxy groups -OCH3 is 1. The number of ether oxygens (including phenoxy) is 4. The Morgan fingerprint density at radius 1 is 0.745 bits per heavy atom. The maximum Gasteiger partial charge on any atom is 0.360 e. The van der Waals surface area contributed by atoms with Crippen LogP contribution in [0.15, 0.2) is 113 Å². The van der Waals surface area contributed by atoms with Gasteiger partial charge in [0.05, 0.1) is 24.7 Å². The quantitative estimate of drug-likeness (QED) is 0.165. The van der Waals surface area contributed by atoms with Gasteiger partial charge in [0.1, 0.15) is 36.9 Å². The minimum Gasteiger partial charge on any atom is -0.457 e. The lowest BCUT2D eigenvalue weighted by atomic mass is 9.79. The van der Waals surface area contributed by atoms with E-state index in [0.717, 1.165) is 0 Å². The molecule has 1 fully saturated rings. The van der Waals surface area contributed by atoms with E-state index in [1.54, 1.807) is 49.6 Å². The van der Waals surface area contributed by atoms with Gasteiger partial charge >= 0.3 is 11.9 Å². The summed E-state index contributed by atoms with van der Waals surface area (Å²) in [7, 11) is 1.56. The van der Waals surface area contributed by atoms with Crippen LogP contribution in [0.25, 0.3) is 6.08 Å². The summed E-state index contributed by atoms with van der Waals surface area (Å²) in [4.78, 5) is 35.2. The lowest BCUT2D eigenvalue weighted by molar-refractivity contribution is -0.0461. The van der Waals surface area contributed by atoms with Crippen LogP contribution in [-0.4, -0.2) is 82.0 Å². The van der Waals surface area contributed by atoms with E-state index in [1.807, 2.05) is 96.2 Å². The van der Waals surface area contributed by atoms with Crippen molar-refractivity contribution in [2.45, 2.75) is 104 Å². The Bertz CT molecular complexity index is 1800. The van der Waals surface area contributed by atoms with Gasteiger partial charge in [-0.05, 0) is 13.8 Å². The summed E-state index contributed by atoms with van der Waals surface area (Å²) < 4.78 is 34.3. The van der Waals surface area contributed by atoms with Crippen molar-refractivity contribution in [3.05, 3.63) is 127 Å². The average Bonchev–Trinajstić information content (AvgIpc) is 3.47. The van der Waals surface area contributed by atoms with Gasteiger partial charge in [-0.15, -0.1) is 0 Å². The van der Waals surface area contributed by atoms with Crippen LogP contribution in [0, 0.1) is 10.8 Å². The van der Waals surface area contributed by atoms with Crippen molar-refractivity contribution in [1.29, 1.82) is 0 Å². The Labute approximate surface area is 323 Å². The molecule has 4 bridgehead atoms. The third kappa shape index (κ3) is 12.3. The largest absolute Gasteiger partial charge is 0.457 e. The van der Waals surface area contributed by atoms with Crippen molar-refractivity contribution < 1.29 is 47.6 Å². The molecule has 0 amide bonds. The third-order valence-corrected chi connectivity index (χ3v) is 9.64. The van der Waals surface area contributed by atoms with Gasteiger partial charge in [0.25, 0.3) is 0 Å². The number of epoxide rings is 1. The van der Waals surface area contributed by atoms with Gasteiger partial charge in [-0.3, -0.25) is 0 Å². The molecule has 7 atom stereocenters. The van der Waals surface area contributed by atoms with Crippen molar-refractivity contribution in [3.8, 4) is 0 Å². The Morgan fingerprint density at radius 2 is 1.31 bits per heavy atom. The third-order valence-electron chi connectivity index (χ3n) is 9.64. The zero-order chi connectivity index (χ0) is 40.0. The molecule has 5 unspecified atom stereocenters. The lowest BCUT2D eigenvalue weighted by Gasteiger charge is -2.36. The first-order chi connectivity index (χ1) is 26.3. The van der Waals surface area contributed by atoms with E-state index in [9.17, 15) is 19.8 Å². The molecule has 0 aromatic carbocycles. The molecule has 12 heteroatoms. The summed E-state index contributed by atoms with van der Waals surface area (Å²) in [6.45, 7) is 11.0. The zero-order valence-electron chi connectivity index (χ0n) is 32.6. The normalized spacial score (nSPS) is 28.3. The van der Waals surface area contributed by atoms with Crippen molar-refractivity contribution in [2.75, 3.05) is 7.11 Å². The van der Waals surface area contributed by atoms with Crippen molar-refractivity contribution >= 4 is 18.0 Å². The molecular weight excluding hydrogens is 704 g/mol. The predicted molar refractivity (Wildman–Crippen MR) is 208 cm³/mol. The lowest BCUT2D eigenvalue weighted by Crippen LogP contribution is -2.42. The highest BCUT2D eigenvalue weighted by Gasteiger charge is 2.40. The van der Waals surface area contributed by atoms with Gasteiger partial charge in [0.2, 0.25) is 5.89 Å². The van der Waals surface area contributed by atoms with Gasteiger partial charge in [-0.2, -0.15) is 0 Å². The molecular formula is C43H54N2O10. The molecule has 296 valence electrons. The zero-order valence-corrected chi connectivity index (χ0v) is 32.6. The summed E-state index contributed by atoms with van der Waals surface area (Å²) in [5, 5.41) is 21.8. The minimum atomic E-state index is -0.880. The van der Waals surface area contributed by atoms with Crippen LogP contribution < -0.4 is 0 Å². The number of carbonyl (C=O) groups is 2. The number of rotatable bonds is 7. The Hall–Kier alpha value is -4.88. The molecule has 0 radical (unpaired) electrons. The summed E-state index contributed by atoms with van der Waals surface area (Å²) in [6.07, 6.45) is 28.0. The van der Waals surface area contributed by atoms with Crippen molar-refractivity contribution in [1.82, 2.24) is 9.97 Å². The average molecular weight is 759 g/mol. The van der Waals surface area contributed by atoms with Gasteiger partial charge in [-0.25, -0.2) is 19.6 Å². The highest BCUT2D eigenvalue weighted by atomic mass is 16.6. The van der Waals surface area contributed by atoms with Gasteiger partial charge in [0, 0.05) is 36.9 Å². The van der Waals surface area contributed by atoms with Crippen LogP contribution in [0.5, 0.6) is 0 Å². The number of fused-ring (bicyclic) bond motifs is 5. The van der Waals surface area contributed by atoms with E-state index < -0.39 is 53.3 Å². The molecule has 1 saturated heterocycles. The van der Waals surface area contributed by atoms with Gasteiger partial charge in [0.15, 0.2) is 17.3 Å². The topological polar surface area (TPSA) is 167 Å².